The smallest absolute Gasteiger partial charge is 0.410 e. The Hall–Kier alpha value is -1.75. The zero-order valence-electron chi connectivity index (χ0n) is 15.7. The third kappa shape index (κ3) is 7.68. The van der Waals surface area contributed by atoms with Gasteiger partial charge in [-0.1, -0.05) is 25.1 Å². The van der Waals surface area contributed by atoms with Crippen molar-refractivity contribution in [2.24, 2.45) is 0 Å². The van der Waals surface area contributed by atoms with E-state index in [1.807, 2.05) is 45.9 Å². The van der Waals surface area contributed by atoms with Crippen LogP contribution in [-0.4, -0.2) is 42.8 Å². The molecule has 1 amide bonds. The minimum Gasteiger partial charge on any atom is -0.494 e. The lowest BCUT2D eigenvalue weighted by atomic mass is 10.2. The van der Waals surface area contributed by atoms with Crippen LogP contribution in [0.5, 0.6) is 5.75 Å². The Morgan fingerprint density at radius 3 is 2.50 bits per heavy atom. The first-order valence-electron chi connectivity index (χ1n) is 8.76. The number of nitrogens with zero attached hydrogens (tertiary/aromatic N) is 1. The number of carbonyl (C=O) groups excluding carboxylic acids is 1. The summed E-state index contributed by atoms with van der Waals surface area (Å²) in [5.41, 5.74) is 0.658. The highest BCUT2D eigenvalue weighted by Gasteiger charge is 2.21. The van der Waals surface area contributed by atoms with Crippen molar-refractivity contribution < 1.29 is 14.3 Å². The Bertz CT molecular complexity index is 498. The molecule has 0 aliphatic rings. The van der Waals surface area contributed by atoms with Crippen molar-refractivity contribution in [2.75, 3.05) is 26.2 Å². The van der Waals surface area contributed by atoms with E-state index in [9.17, 15) is 4.79 Å². The molecule has 0 aliphatic carbocycles. The summed E-state index contributed by atoms with van der Waals surface area (Å²) in [6.07, 6.45) is 0.660. The number of carbonyl (C=O) groups is 1. The van der Waals surface area contributed by atoms with E-state index in [1.165, 1.54) is 0 Å². The van der Waals surface area contributed by atoms with Crippen LogP contribution in [0.1, 0.15) is 46.6 Å². The number of rotatable bonds is 9. The van der Waals surface area contributed by atoms with E-state index >= 15 is 0 Å². The van der Waals surface area contributed by atoms with Crippen LogP contribution >= 0.6 is 0 Å². The van der Waals surface area contributed by atoms with Crippen LogP contribution in [-0.2, 0) is 11.3 Å². The number of amides is 1. The molecule has 0 radical (unpaired) electrons. The Balaban J connectivity index is 2.47. The van der Waals surface area contributed by atoms with Crippen LogP contribution in [0, 0.1) is 0 Å². The van der Waals surface area contributed by atoms with Gasteiger partial charge in [-0.2, -0.15) is 0 Å². The van der Waals surface area contributed by atoms with Gasteiger partial charge in [-0.3, -0.25) is 0 Å². The Morgan fingerprint density at radius 2 is 1.88 bits per heavy atom. The van der Waals surface area contributed by atoms with Crippen molar-refractivity contribution in [1.82, 2.24) is 10.2 Å². The molecule has 0 aromatic heterocycles. The zero-order valence-corrected chi connectivity index (χ0v) is 15.7. The van der Waals surface area contributed by atoms with Crippen LogP contribution in [0.15, 0.2) is 24.3 Å². The molecule has 0 unspecified atom stereocenters. The lowest BCUT2D eigenvalue weighted by Gasteiger charge is -2.27. The molecule has 0 fully saturated rings. The quantitative estimate of drug-likeness (QED) is 0.697. The van der Waals surface area contributed by atoms with Crippen molar-refractivity contribution in [3.63, 3.8) is 0 Å². The number of benzene rings is 1. The third-order valence-corrected chi connectivity index (χ3v) is 3.29. The summed E-state index contributed by atoms with van der Waals surface area (Å²) >= 11 is 0. The lowest BCUT2D eigenvalue weighted by Crippen LogP contribution is -2.40. The van der Waals surface area contributed by atoms with Gasteiger partial charge in [0.2, 0.25) is 0 Å². The lowest BCUT2D eigenvalue weighted by molar-refractivity contribution is 0.0252. The van der Waals surface area contributed by atoms with E-state index in [0.717, 1.165) is 17.7 Å². The second-order valence-electron chi connectivity index (χ2n) is 6.68. The van der Waals surface area contributed by atoms with Gasteiger partial charge in [0.25, 0.3) is 0 Å². The summed E-state index contributed by atoms with van der Waals surface area (Å²) in [5.74, 6) is 0.907. The summed E-state index contributed by atoms with van der Waals surface area (Å²) in [7, 11) is 0. The summed E-state index contributed by atoms with van der Waals surface area (Å²) in [4.78, 5) is 14.0. The van der Waals surface area contributed by atoms with Gasteiger partial charge in [0.15, 0.2) is 0 Å². The molecule has 136 valence electrons. The van der Waals surface area contributed by atoms with Crippen LogP contribution in [0.3, 0.4) is 0 Å². The van der Waals surface area contributed by atoms with E-state index in [2.05, 4.69) is 18.3 Å². The molecule has 0 saturated carbocycles. The maximum absolute atomic E-state index is 12.2. The monoisotopic (exact) mass is 336 g/mol. The van der Waals surface area contributed by atoms with Crippen molar-refractivity contribution in [3.8, 4) is 5.75 Å². The van der Waals surface area contributed by atoms with Gasteiger partial charge >= 0.3 is 6.09 Å². The van der Waals surface area contributed by atoms with Crippen LogP contribution < -0.4 is 10.1 Å². The molecule has 24 heavy (non-hydrogen) atoms. The fourth-order valence-corrected chi connectivity index (χ4v) is 2.27. The molecule has 1 N–H and O–H groups in total. The van der Waals surface area contributed by atoms with Gasteiger partial charge in [0, 0.05) is 31.7 Å². The standard InChI is InChI=1S/C19H32N2O3/c1-6-13-21(18(22)24-19(3,4)5)14-12-20-15-16-10-8-9-11-17(16)23-7-2/h8-11,20H,6-7,12-15H2,1-5H3. The van der Waals surface area contributed by atoms with Crippen molar-refractivity contribution in [2.45, 2.75) is 53.2 Å². The zero-order chi connectivity index (χ0) is 18.0. The molecule has 0 heterocycles. The Morgan fingerprint density at radius 1 is 1.17 bits per heavy atom. The molecule has 0 saturated heterocycles. The van der Waals surface area contributed by atoms with E-state index in [1.54, 1.807) is 4.90 Å². The highest BCUT2D eigenvalue weighted by Crippen LogP contribution is 2.17. The van der Waals surface area contributed by atoms with Crippen LogP contribution in [0.25, 0.3) is 0 Å². The largest absolute Gasteiger partial charge is 0.494 e. The van der Waals surface area contributed by atoms with Gasteiger partial charge in [-0.05, 0) is 40.2 Å². The van der Waals surface area contributed by atoms with Gasteiger partial charge < -0.3 is 19.7 Å². The van der Waals surface area contributed by atoms with Crippen LogP contribution in [0.4, 0.5) is 4.79 Å². The third-order valence-electron chi connectivity index (χ3n) is 3.29. The molecule has 1 aromatic rings. The molecular weight excluding hydrogens is 304 g/mol. The minimum absolute atomic E-state index is 0.249. The fourth-order valence-electron chi connectivity index (χ4n) is 2.27. The summed E-state index contributed by atoms with van der Waals surface area (Å²) in [6.45, 7) is 13.1. The average molecular weight is 336 g/mol. The second kappa shape index (κ2) is 10.2. The maximum Gasteiger partial charge on any atom is 0.410 e. The van der Waals surface area contributed by atoms with Crippen molar-refractivity contribution in [1.29, 1.82) is 0 Å². The molecule has 0 bridgehead atoms. The molecule has 0 spiro atoms. The molecule has 5 heteroatoms. The first kappa shape index (κ1) is 20.3. The molecule has 5 nitrogen and oxygen atoms in total. The first-order valence-corrected chi connectivity index (χ1v) is 8.76. The van der Waals surface area contributed by atoms with E-state index in [-0.39, 0.29) is 6.09 Å². The normalized spacial score (nSPS) is 11.2. The number of hydrogen-bond donors (Lipinski definition) is 1. The average Bonchev–Trinajstić information content (AvgIpc) is 2.50. The molecule has 1 rings (SSSR count). The van der Waals surface area contributed by atoms with Gasteiger partial charge in [-0.25, -0.2) is 4.79 Å². The van der Waals surface area contributed by atoms with Crippen molar-refractivity contribution in [3.05, 3.63) is 29.8 Å². The minimum atomic E-state index is -0.465. The topological polar surface area (TPSA) is 50.8 Å². The van der Waals surface area contributed by atoms with Gasteiger partial charge in [0.1, 0.15) is 11.4 Å². The van der Waals surface area contributed by atoms with E-state index in [4.69, 9.17) is 9.47 Å². The summed E-state index contributed by atoms with van der Waals surface area (Å²) < 4.78 is 11.1. The predicted molar refractivity (Wildman–Crippen MR) is 97.4 cm³/mol. The SMILES string of the molecule is CCCN(CCNCc1ccccc1OCC)C(=O)OC(C)(C)C. The molecule has 0 aliphatic heterocycles. The van der Waals surface area contributed by atoms with Crippen LogP contribution in [0.2, 0.25) is 0 Å². The molecular formula is C19H32N2O3. The number of nitrogens with one attached hydrogen (secondary N) is 1. The maximum atomic E-state index is 12.2. The Labute approximate surface area is 146 Å². The number of hydrogen-bond acceptors (Lipinski definition) is 4. The molecule has 0 atom stereocenters. The predicted octanol–water partition coefficient (Wildman–Crippen LogP) is 3.82. The highest BCUT2D eigenvalue weighted by atomic mass is 16.6. The van der Waals surface area contributed by atoms with Crippen molar-refractivity contribution >= 4 is 6.09 Å². The summed E-state index contributed by atoms with van der Waals surface area (Å²) in [5, 5.41) is 3.38. The van der Waals surface area contributed by atoms with Gasteiger partial charge in [0.05, 0.1) is 6.61 Å². The first-order chi connectivity index (χ1) is 11.4. The van der Waals surface area contributed by atoms with E-state index < -0.39 is 5.60 Å². The van der Waals surface area contributed by atoms with E-state index in [0.29, 0.717) is 32.8 Å². The summed E-state index contributed by atoms with van der Waals surface area (Å²) in [6, 6.07) is 8.00. The highest BCUT2D eigenvalue weighted by molar-refractivity contribution is 5.68. The number of ether oxygens (including phenoxy) is 2. The second-order valence-corrected chi connectivity index (χ2v) is 6.68. The fraction of sp³-hybridized carbons (Fsp3) is 0.632. The van der Waals surface area contributed by atoms with Gasteiger partial charge in [-0.15, -0.1) is 0 Å². The number of para-hydroxylation sites is 1. The molecule has 1 aromatic carbocycles. The Kier molecular flexibility index (Phi) is 8.61.